The number of carbonyl (C=O) groups is 1. The van der Waals surface area contributed by atoms with E-state index in [0.29, 0.717) is 0 Å². The SMILES string of the molecule is Cc1cc(C)cc(N(C)C(=O)C(C)C(C)N)c1.Cl. The topological polar surface area (TPSA) is 46.3 Å². The second-order valence-electron chi connectivity index (χ2n) is 4.89. The van der Waals surface area contributed by atoms with Gasteiger partial charge in [-0.15, -0.1) is 12.4 Å². The van der Waals surface area contributed by atoms with Crippen molar-refractivity contribution in [1.82, 2.24) is 0 Å². The first-order valence-corrected chi connectivity index (χ1v) is 5.94. The fourth-order valence-electron chi connectivity index (χ4n) is 1.80. The van der Waals surface area contributed by atoms with Crippen LogP contribution in [-0.2, 0) is 4.79 Å². The first kappa shape index (κ1) is 16.9. The lowest BCUT2D eigenvalue weighted by atomic mass is 10.0. The molecule has 102 valence electrons. The Labute approximate surface area is 116 Å². The average molecular weight is 271 g/mol. The Morgan fingerprint density at radius 3 is 2.00 bits per heavy atom. The molecule has 2 N–H and O–H groups in total. The van der Waals surface area contributed by atoms with Gasteiger partial charge in [0, 0.05) is 18.8 Å². The molecule has 1 rings (SSSR count). The molecule has 3 nitrogen and oxygen atoms in total. The summed E-state index contributed by atoms with van der Waals surface area (Å²) in [6.45, 7) is 7.79. The van der Waals surface area contributed by atoms with E-state index in [1.807, 2.05) is 39.8 Å². The maximum absolute atomic E-state index is 12.2. The van der Waals surface area contributed by atoms with Crippen molar-refractivity contribution in [3.05, 3.63) is 29.3 Å². The minimum Gasteiger partial charge on any atom is -0.327 e. The number of nitrogens with zero attached hydrogens (tertiary/aromatic N) is 1. The van der Waals surface area contributed by atoms with Crippen molar-refractivity contribution < 1.29 is 4.79 Å². The van der Waals surface area contributed by atoms with Gasteiger partial charge in [-0.2, -0.15) is 0 Å². The number of rotatable bonds is 3. The largest absolute Gasteiger partial charge is 0.327 e. The zero-order valence-electron chi connectivity index (χ0n) is 11.7. The molecule has 4 heteroatoms. The molecule has 0 aliphatic rings. The van der Waals surface area contributed by atoms with Crippen molar-refractivity contribution in [3.8, 4) is 0 Å². The van der Waals surface area contributed by atoms with Gasteiger partial charge >= 0.3 is 0 Å². The Kier molecular flexibility index (Phi) is 6.36. The van der Waals surface area contributed by atoms with Crippen LogP contribution < -0.4 is 10.6 Å². The first-order valence-electron chi connectivity index (χ1n) is 5.94. The molecule has 0 aromatic heterocycles. The minimum atomic E-state index is -0.166. The van der Waals surface area contributed by atoms with Crippen LogP contribution in [0.1, 0.15) is 25.0 Å². The fourth-order valence-corrected chi connectivity index (χ4v) is 1.80. The summed E-state index contributed by atoms with van der Waals surface area (Å²) in [5.41, 5.74) is 9.02. The van der Waals surface area contributed by atoms with Crippen molar-refractivity contribution in [1.29, 1.82) is 0 Å². The summed E-state index contributed by atoms with van der Waals surface area (Å²) in [4.78, 5) is 13.8. The molecule has 0 radical (unpaired) electrons. The molecular formula is C14H23ClN2O. The maximum Gasteiger partial charge on any atom is 0.231 e. The third-order valence-corrected chi connectivity index (χ3v) is 3.10. The Hall–Kier alpha value is -1.06. The van der Waals surface area contributed by atoms with Crippen molar-refractivity contribution in [3.63, 3.8) is 0 Å². The minimum absolute atomic E-state index is 0. The van der Waals surface area contributed by atoms with Crippen LogP contribution in [0.25, 0.3) is 0 Å². The lowest BCUT2D eigenvalue weighted by Gasteiger charge is -2.24. The number of halogens is 1. The second kappa shape index (κ2) is 6.76. The van der Waals surface area contributed by atoms with Crippen LogP contribution in [0.5, 0.6) is 0 Å². The molecule has 0 saturated carbocycles. The van der Waals surface area contributed by atoms with E-state index in [2.05, 4.69) is 6.07 Å². The third kappa shape index (κ3) is 4.00. The zero-order valence-corrected chi connectivity index (χ0v) is 12.5. The number of hydrogen-bond acceptors (Lipinski definition) is 2. The highest BCUT2D eigenvalue weighted by atomic mass is 35.5. The molecular weight excluding hydrogens is 248 g/mol. The summed E-state index contributed by atoms with van der Waals surface area (Å²) in [6, 6.07) is 5.99. The molecule has 1 aromatic carbocycles. The van der Waals surface area contributed by atoms with Gasteiger partial charge in [0.15, 0.2) is 0 Å². The van der Waals surface area contributed by atoms with Gasteiger partial charge < -0.3 is 10.6 Å². The first-order chi connectivity index (χ1) is 7.82. The summed E-state index contributed by atoms with van der Waals surface area (Å²) in [5.74, 6) is -0.106. The molecule has 0 fully saturated rings. The number of hydrogen-bond donors (Lipinski definition) is 1. The van der Waals surface area contributed by atoms with Gasteiger partial charge in [0.05, 0.1) is 5.92 Å². The van der Waals surface area contributed by atoms with Crippen LogP contribution >= 0.6 is 12.4 Å². The lowest BCUT2D eigenvalue weighted by Crippen LogP contribution is -2.39. The molecule has 0 heterocycles. The zero-order chi connectivity index (χ0) is 13.2. The van der Waals surface area contributed by atoms with Crippen LogP contribution in [0.3, 0.4) is 0 Å². The molecule has 0 spiro atoms. The molecule has 0 saturated heterocycles. The fraction of sp³-hybridized carbons (Fsp3) is 0.500. The van der Waals surface area contributed by atoms with E-state index in [1.54, 1.807) is 11.9 Å². The van der Waals surface area contributed by atoms with Gasteiger partial charge in [0.25, 0.3) is 0 Å². The number of benzene rings is 1. The van der Waals surface area contributed by atoms with Gasteiger partial charge in [0.2, 0.25) is 5.91 Å². The van der Waals surface area contributed by atoms with Gasteiger partial charge in [0.1, 0.15) is 0 Å². The van der Waals surface area contributed by atoms with E-state index in [1.165, 1.54) is 0 Å². The van der Waals surface area contributed by atoms with Crippen molar-refractivity contribution in [2.45, 2.75) is 33.7 Å². The van der Waals surface area contributed by atoms with E-state index in [-0.39, 0.29) is 30.3 Å². The summed E-state index contributed by atoms with van der Waals surface area (Å²) < 4.78 is 0. The molecule has 1 amide bonds. The molecule has 1 aromatic rings. The van der Waals surface area contributed by atoms with E-state index in [4.69, 9.17) is 5.73 Å². The molecule has 2 atom stereocenters. The maximum atomic E-state index is 12.2. The van der Waals surface area contributed by atoms with Crippen LogP contribution in [0.4, 0.5) is 5.69 Å². The third-order valence-electron chi connectivity index (χ3n) is 3.10. The number of anilines is 1. The van der Waals surface area contributed by atoms with Gasteiger partial charge in [-0.05, 0) is 44.0 Å². The number of aryl methyl sites for hydroxylation is 2. The number of nitrogens with two attached hydrogens (primary N) is 1. The summed E-state index contributed by atoms with van der Waals surface area (Å²) >= 11 is 0. The van der Waals surface area contributed by atoms with Crippen LogP contribution in [0.15, 0.2) is 18.2 Å². The Balaban J connectivity index is 0.00000289. The summed E-state index contributed by atoms with van der Waals surface area (Å²) in [5, 5.41) is 0. The summed E-state index contributed by atoms with van der Waals surface area (Å²) in [6.07, 6.45) is 0. The van der Waals surface area contributed by atoms with Gasteiger partial charge in [-0.1, -0.05) is 13.0 Å². The molecule has 2 unspecified atom stereocenters. The summed E-state index contributed by atoms with van der Waals surface area (Å²) in [7, 11) is 1.80. The average Bonchev–Trinajstić information content (AvgIpc) is 2.24. The highest BCUT2D eigenvalue weighted by Crippen LogP contribution is 2.19. The highest BCUT2D eigenvalue weighted by Gasteiger charge is 2.21. The predicted octanol–water partition coefficient (Wildman–Crippen LogP) is 2.67. The smallest absolute Gasteiger partial charge is 0.231 e. The van der Waals surface area contributed by atoms with Crippen molar-refractivity contribution in [2.75, 3.05) is 11.9 Å². The molecule has 0 aliphatic carbocycles. The van der Waals surface area contributed by atoms with E-state index < -0.39 is 0 Å². The van der Waals surface area contributed by atoms with Crippen LogP contribution in [0.2, 0.25) is 0 Å². The molecule has 0 aliphatic heterocycles. The van der Waals surface area contributed by atoms with Crippen LogP contribution in [-0.4, -0.2) is 19.0 Å². The van der Waals surface area contributed by atoms with Gasteiger partial charge in [-0.3, -0.25) is 4.79 Å². The second-order valence-corrected chi connectivity index (χ2v) is 4.89. The van der Waals surface area contributed by atoms with E-state index in [0.717, 1.165) is 16.8 Å². The van der Waals surface area contributed by atoms with E-state index in [9.17, 15) is 4.79 Å². The van der Waals surface area contributed by atoms with Crippen molar-refractivity contribution in [2.24, 2.45) is 11.7 Å². The quantitative estimate of drug-likeness (QED) is 0.918. The predicted molar refractivity (Wildman–Crippen MR) is 79.4 cm³/mol. The van der Waals surface area contributed by atoms with Gasteiger partial charge in [-0.25, -0.2) is 0 Å². The number of amides is 1. The Bertz CT molecular complexity index is 398. The van der Waals surface area contributed by atoms with E-state index >= 15 is 0 Å². The molecule has 18 heavy (non-hydrogen) atoms. The Morgan fingerprint density at radius 2 is 1.61 bits per heavy atom. The standard InChI is InChI=1S/C14H22N2O.ClH/c1-9-6-10(2)8-13(7-9)16(5)14(17)11(3)12(4)15;/h6-8,11-12H,15H2,1-5H3;1H. The highest BCUT2D eigenvalue weighted by molar-refractivity contribution is 5.94. The lowest BCUT2D eigenvalue weighted by molar-refractivity contribution is -0.122. The monoisotopic (exact) mass is 270 g/mol. The Morgan fingerprint density at radius 1 is 1.17 bits per heavy atom. The molecule has 0 bridgehead atoms. The van der Waals surface area contributed by atoms with Crippen molar-refractivity contribution >= 4 is 24.0 Å². The number of carbonyl (C=O) groups excluding carboxylic acids is 1. The van der Waals surface area contributed by atoms with Crippen LogP contribution in [0, 0.1) is 19.8 Å². The normalized spacial score (nSPS) is 13.4.